The van der Waals surface area contributed by atoms with Crippen molar-refractivity contribution in [3.05, 3.63) is 89.6 Å². The molecule has 0 amide bonds. The SMILES string of the molecule is COc1ccc(C2CCN(CCOc3cc(Nc4cc(C)nc5ccccc45)cc(C(F)(F)F)c3)CC2)cc1. The van der Waals surface area contributed by atoms with Crippen molar-refractivity contribution >= 4 is 22.3 Å². The third-order valence-corrected chi connectivity index (χ3v) is 7.21. The first-order chi connectivity index (χ1) is 18.8. The van der Waals surface area contributed by atoms with Gasteiger partial charge in [-0.2, -0.15) is 13.2 Å². The summed E-state index contributed by atoms with van der Waals surface area (Å²) in [7, 11) is 1.66. The van der Waals surface area contributed by atoms with Crippen LogP contribution >= 0.6 is 0 Å². The van der Waals surface area contributed by atoms with Gasteiger partial charge in [-0.3, -0.25) is 9.88 Å². The lowest BCUT2D eigenvalue weighted by atomic mass is 9.89. The van der Waals surface area contributed by atoms with E-state index in [9.17, 15) is 13.2 Å². The summed E-state index contributed by atoms with van der Waals surface area (Å²) >= 11 is 0. The lowest BCUT2D eigenvalue weighted by Crippen LogP contribution is -2.35. The highest BCUT2D eigenvalue weighted by Crippen LogP contribution is 2.36. The second-order valence-electron chi connectivity index (χ2n) is 9.93. The topological polar surface area (TPSA) is 46.6 Å². The lowest BCUT2D eigenvalue weighted by molar-refractivity contribution is -0.137. The molecule has 1 fully saturated rings. The zero-order chi connectivity index (χ0) is 27.4. The van der Waals surface area contributed by atoms with Crippen molar-refractivity contribution in [1.29, 1.82) is 0 Å². The molecule has 2 heterocycles. The molecular weight excluding hydrogens is 503 g/mol. The molecule has 1 aliphatic heterocycles. The maximum Gasteiger partial charge on any atom is 0.416 e. The van der Waals surface area contributed by atoms with E-state index in [4.69, 9.17) is 9.47 Å². The number of anilines is 2. The molecule has 5 nitrogen and oxygen atoms in total. The highest BCUT2D eigenvalue weighted by atomic mass is 19.4. The average molecular weight is 536 g/mol. The van der Waals surface area contributed by atoms with E-state index in [0.29, 0.717) is 30.4 Å². The van der Waals surface area contributed by atoms with Gasteiger partial charge in [0.15, 0.2) is 0 Å². The molecule has 0 spiro atoms. The number of nitrogens with one attached hydrogen (secondary N) is 1. The molecule has 3 aromatic carbocycles. The van der Waals surface area contributed by atoms with E-state index in [1.54, 1.807) is 13.2 Å². The van der Waals surface area contributed by atoms with E-state index in [0.717, 1.165) is 60.4 Å². The van der Waals surface area contributed by atoms with E-state index in [1.807, 2.05) is 49.4 Å². The van der Waals surface area contributed by atoms with E-state index in [1.165, 1.54) is 5.56 Å². The molecule has 5 rings (SSSR count). The number of hydrogen-bond donors (Lipinski definition) is 1. The number of para-hydroxylation sites is 1. The summed E-state index contributed by atoms with van der Waals surface area (Å²) in [6, 6.07) is 21.4. The van der Waals surface area contributed by atoms with Gasteiger partial charge < -0.3 is 14.8 Å². The number of pyridine rings is 1. The number of benzene rings is 3. The number of aromatic nitrogens is 1. The zero-order valence-electron chi connectivity index (χ0n) is 22.1. The van der Waals surface area contributed by atoms with Crippen LogP contribution in [0.2, 0.25) is 0 Å². The number of hydrogen-bond acceptors (Lipinski definition) is 5. The fourth-order valence-corrected chi connectivity index (χ4v) is 5.14. The van der Waals surface area contributed by atoms with Crippen molar-refractivity contribution in [2.75, 3.05) is 38.7 Å². The van der Waals surface area contributed by atoms with Crippen LogP contribution in [0.5, 0.6) is 11.5 Å². The maximum absolute atomic E-state index is 13.7. The van der Waals surface area contributed by atoms with Gasteiger partial charge in [0.2, 0.25) is 0 Å². The first-order valence-electron chi connectivity index (χ1n) is 13.1. The van der Waals surface area contributed by atoms with E-state index >= 15 is 0 Å². The van der Waals surface area contributed by atoms with Crippen LogP contribution in [0.25, 0.3) is 10.9 Å². The van der Waals surface area contributed by atoms with Crippen LogP contribution in [0, 0.1) is 6.92 Å². The third kappa shape index (κ3) is 6.63. The first kappa shape index (κ1) is 26.8. The Balaban J connectivity index is 1.23. The molecule has 4 aromatic rings. The molecular formula is C31H32F3N3O2. The fraction of sp³-hybridized carbons (Fsp3) is 0.323. The first-order valence-corrected chi connectivity index (χ1v) is 13.1. The third-order valence-electron chi connectivity index (χ3n) is 7.21. The fourth-order valence-electron chi connectivity index (χ4n) is 5.14. The van der Waals surface area contributed by atoms with Gasteiger partial charge in [0.25, 0.3) is 0 Å². The number of halogens is 3. The molecule has 1 aromatic heterocycles. The normalized spacial score (nSPS) is 14.9. The number of ether oxygens (including phenoxy) is 2. The Bertz CT molecular complexity index is 1420. The van der Waals surface area contributed by atoms with Gasteiger partial charge in [0, 0.05) is 35.1 Å². The van der Waals surface area contributed by atoms with Crippen LogP contribution in [0.1, 0.15) is 35.6 Å². The minimum absolute atomic E-state index is 0.190. The second kappa shape index (κ2) is 11.5. The van der Waals surface area contributed by atoms with Gasteiger partial charge in [-0.15, -0.1) is 0 Å². The highest BCUT2D eigenvalue weighted by Gasteiger charge is 2.31. The Morgan fingerprint density at radius 3 is 2.41 bits per heavy atom. The number of rotatable bonds is 8. The largest absolute Gasteiger partial charge is 0.497 e. The standard InChI is InChI=1S/C31H32F3N3O2/c1-21-17-30(28-5-3-4-6-29(28)35-21)36-25-18-24(31(32,33)34)19-27(20-25)39-16-15-37-13-11-23(12-14-37)22-7-9-26(38-2)10-8-22/h3-10,17-20,23H,11-16H2,1-2H3,(H,35,36). The molecule has 0 bridgehead atoms. The molecule has 204 valence electrons. The van der Waals surface area contributed by atoms with Crippen LogP contribution in [0.15, 0.2) is 72.8 Å². The number of piperidine rings is 1. The Morgan fingerprint density at radius 2 is 1.69 bits per heavy atom. The Labute approximate surface area is 226 Å². The van der Waals surface area contributed by atoms with Crippen LogP contribution in [0.4, 0.5) is 24.5 Å². The van der Waals surface area contributed by atoms with Crippen molar-refractivity contribution in [3.8, 4) is 11.5 Å². The quantitative estimate of drug-likeness (QED) is 0.252. The predicted molar refractivity (Wildman–Crippen MR) is 148 cm³/mol. The van der Waals surface area contributed by atoms with E-state index < -0.39 is 11.7 Å². The summed E-state index contributed by atoms with van der Waals surface area (Å²) in [6.45, 7) is 4.67. The van der Waals surface area contributed by atoms with Crippen molar-refractivity contribution in [1.82, 2.24) is 9.88 Å². The van der Waals surface area contributed by atoms with Crippen molar-refractivity contribution in [3.63, 3.8) is 0 Å². The molecule has 1 aliphatic rings. The van der Waals surface area contributed by atoms with Gasteiger partial charge in [-0.1, -0.05) is 30.3 Å². The van der Waals surface area contributed by atoms with Crippen molar-refractivity contribution in [2.45, 2.75) is 31.9 Å². The molecule has 1 N–H and O–H groups in total. The van der Waals surface area contributed by atoms with E-state index in [-0.39, 0.29) is 5.75 Å². The van der Waals surface area contributed by atoms with Crippen LogP contribution in [-0.4, -0.2) is 43.2 Å². The van der Waals surface area contributed by atoms with E-state index in [2.05, 4.69) is 27.3 Å². The maximum atomic E-state index is 13.7. The number of alkyl halides is 3. The molecule has 1 saturated heterocycles. The summed E-state index contributed by atoms with van der Waals surface area (Å²) in [6.07, 6.45) is -2.43. The summed E-state index contributed by atoms with van der Waals surface area (Å²) in [5.41, 5.74) is 3.12. The number of methoxy groups -OCH3 is 1. The summed E-state index contributed by atoms with van der Waals surface area (Å²) in [5, 5.41) is 4.00. The molecule has 0 aliphatic carbocycles. The van der Waals surface area contributed by atoms with Gasteiger partial charge in [0.1, 0.15) is 18.1 Å². The number of fused-ring (bicyclic) bond motifs is 1. The van der Waals surface area contributed by atoms with Gasteiger partial charge in [-0.05, 0) is 80.7 Å². The highest BCUT2D eigenvalue weighted by molar-refractivity contribution is 5.93. The number of aryl methyl sites for hydroxylation is 1. The average Bonchev–Trinajstić information content (AvgIpc) is 2.93. The minimum Gasteiger partial charge on any atom is -0.497 e. The Hall–Kier alpha value is -3.78. The monoisotopic (exact) mass is 535 g/mol. The smallest absolute Gasteiger partial charge is 0.416 e. The molecule has 0 saturated carbocycles. The van der Waals surface area contributed by atoms with Crippen LogP contribution in [-0.2, 0) is 6.18 Å². The van der Waals surface area contributed by atoms with Crippen molar-refractivity contribution < 1.29 is 22.6 Å². The summed E-state index contributed by atoms with van der Waals surface area (Å²) in [5.74, 6) is 1.54. The van der Waals surface area contributed by atoms with Gasteiger partial charge >= 0.3 is 6.18 Å². The lowest BCUT2D eigenvalue weighted by Gasteiger charge is -2.32. The molecule has 39 heavy (non-hydrogen) atoms. The Kier molecular flexibility index (Phi) is 7.93. The molecule has 8 heteroatoms. The van der Waals surface area contributed by atoms with Crippen LogP contribution < -0.4 is 14.8 Å². The molecule has 0 atom stereocenters. The molecule has 0 unspecified atom stereocenters. The predicted octanol–water partition coefficient (Wildman–Crippen LogP) is 7.57. The van der Waals surface area contributed by atoms with Gasteiger partial charge in [0.05, 0.1) is 18.2 Å². The zero-order valence-corrected chi connectivity index (χ0v) is 22.1. The minimum atomic E-state index is -4.49. The molecule has 0 radical (unpaired) electrons. The van der Waals surface area contributed by atoms with Crippen molar-refractivity contribution in [2.24, 2.45) is 0 Å². The number of nitrogens with zero attached hydrogens (tertiary/aromatic N) is 2. The van der Waals surface area contributed by atoms with Gasteiger partial charge in [-0.25, -0.2) is 0 Å². The second-order valence-corrected chi connectivity index (χ2v) is 9.93. The van der Waals surface area contributed by atoms with Crippen LogP contribution in [0.3, 0.4) is 0 Å². The Morgan fingerprint density at radius 1 is 0.949 bits per heavy atom. The summed E-state index contributed by atoms with van der Waals surface area (Å²) < 4.78 is 52.3. The summed E-state index contributed by atoms with van der Waals surface area (Å²) in [4.78, 5) is 6.82. The number of likely N-dealkylation sites (tertiary alicyclic amines) is 1.